The normalized spacial score (nSPS) is 13.1. The Kier molecular flexibility index (Phi) is 7.19. The van der Waals surface area contributed by atoms with Crippen LogP contribution in [0.3, 0.4) is 0 Å². The topological polar surface area (TPSA) is 174 Å². The number of aryl methyl sites for hydroxylation is 1. The van der Waals surface area contributed by atoms with Crippen molar-refractivity contribution in [3.8, 4) is 34.7 Å². The summed E-state index contributed by atoms with van der Waals surface area (Å²) in [7, 11) is 2.03. The molecule has 0 saturated heterocycles. The smallest absolute Gasteiger partial charge is 0.245 e. The highest BCUT2D eigenvalue weighted by Crippen LogP contribution is 2.35. The van der Waals surface area contributed by atoms with Crippen molar-refractivity contribution in [2.24, 2.45) is 7.05 Å². The number of sulfonamides is 1. The predicted octanol–water partition coefficient (Wildman–Crippen LogP) is 1.21. The molecule has 4 aromatic heterocycles. The molecule has 0 aliphatic carbocycles. The molecule has 0 saturated carbocycles. The molecule has 2 unspecified atom stereocenters. The maximum absolute atomic E-state index is 13.5. The summed E-state index contributed by atoms with van der Waals surface area (Å²) >= 11 is 0. The van der Waals surface area contributed by atoms with E-state index in [4.69, 9.17) is 14.2 Å². The zero-order chi connectivity index (χ0) is 26.7. The highest BCUT2D eigenvalue weighted by atomic mass is 32.2. The van der Waals surface area contributed by atoms with Crippen molar-refractivity contribution in [1.29, 1.82) is 0 Å². The number of nitrogens with one attached hydrogen (secondary N) is 1. The minimum Gasteiger partial charge on any atom is -0.494 e. The van der Waals surface area contributed by atoms with Crippen molar-refractivity contribution in [2.75, 3.05) is 26.1 Å². The van der Waals surface area contributed by atoms with Crippen LogP contribution in [-0.4, -0.2) is 79.5 Å². The zero-order valence-electron chi connectivity index (χ0n) is 21.0. The molecule has 0 fully saturated rings. The van der Waals surface area contributed by atoms with E-state index in [0.29, 0.717) is 17.3 Å². The second kappa shape index (κ2) is 10.3. The first kappa shape index (κ1) is 25.7. The van der Waals surface area contributed by atoms with Gasteiger partial charge >= 0.3 is 0 Å². The molecule has 2 atom stereocenters. The van der Waals surface area contributed by atoms with Crippen LogP contribution < -0.4 is 18.9 Å². The van der Waals surface area contributed by atoms with Crippen LogP contribution in [0, 0.1) is 0 Å². The second-order valence-corrected chi connectivity index (χ2v) is 9.96. The highest BCUT2D eigenvalue weighted by molar-refractivity contribution is 7.93. The van der Waals surface area contributed by atoms with E-state index in [1.54, 1.807) is 37.8 Å². The van der Waals surface area contributed by atoms with Gasteiger partial charge in [-0.2, -0.15) is 15.1 Å². The van der Waals surface area contributed by atoms with Crippen LogP contribution in [0.15, 0.2) is 31.0 Å². The summed E-state index contributed by atoms with van der Waals surface area (Å²) in [5.41, 5.74) is 0.608. The third kappa shape index (κ3) is 5.00. The van der Waals surface area contributed by atoms with Gasteiger partial charge in [0.05, 0.1) is 39.0 Å². The van der Waals surface area contributed by atoms with Crippen molar-refractivity contribution >= 4 is 16.0 Å². The van der Waals surface area contributed by atoms with Crippen molar-refractivity contribution in [3.63, 3.8) is 0 Å². The number of hydrogen-bond acceptors (Lipinski definition) is 12. The van der Waals surface area contributed by atoms with Gasteiger partial charge in [0.2, 0.25) is 27.7 Å². The van der Waals surface area contributed by atoms with Crippen LogP contribution in [-0.2, 0) is 17.1 Å². The minimum absolute atomic E-state index is 0.109. The van der Waals surface area contributed by atoms with Gasteiger partial charge in [0.1, 0.15) is 17.8 Å². The maximum Gasteiger partial charge on any atom is 0.245 e. The molecule has 4 rings (SSSR count). The Labute approximate surface area is 212 Å². The number of rotatable bonds is 10. The fraction of sp³-hybridized carbons (Fsp3) is 0.381. The molecule has 0 spiro atoms. The standard InChI is InChI=1S/C21H26N10O5S/c1-12(17-22-9-14(34-4)10-23-17)13(2)37(32,33)29-21-27-26-18(15-7-8-30(3)28-15)31(21)16-19(35-5)24-11-25-20(16)36-6/h7-13H,1-6H3,(H,27,29). The summed E-state index contributed by atoms with van der Waals surface area (Å²) < 4.78 is 48.4. The summed E-state index contributed by atoms with van der Waals surface area (Å²) in [5.74, 6) is 0.529. The van der Waals surface area contributed by atoms with Crippen LogP contribution in [0.4, 0.5) is 5.95 Å². The van der Waals surface area contributed by atoms with E-state index in [2.05, 4.69) is 40.0 Å². The van der Waals surface area contributed by atoms with Crippen molar-refractivity contribution in [3.05, 3.63) is 36.8 Å². The van der Waals surface area contributed by atoms with Crippen LogP contribution in [0.2, 0.25) is 0 Å². The number of anilines is 1. The van der Waals surface area contributed by atoms with Gasteiger partial charge in [-0.1, -0.05) is 6.92 Å². The number of nitrogens with zero attached hydrogens (tertiary/aromatic N) is 9. The van der Waals surface area contributed by atoms with Gasteiger partial charge in [-0.3, -0.25) is 9.40 Å². The molecule has 4 aromatic rings. The number of ether oxygens (including phenoxy) is 3. The summed E-state index contributed by atoms with van der Waals surface area (Å²) in [5, 5.41) is 11.7. The second-order valence-electron chi connectivity index (χ2n) is 7.92. The Morgan fingerprint density at radius 2 is 1.59 bits per heavy atom. The molecule has 37 heavy (non-hydrogen) atoms. The molecule has 15 nitrogen and oxygen atoms in total. The third-order valence-corrected chi connectivity index (χ3v) is 7.54. The van der Waals surface area contributed by atoms with Crippen LogP contribution in [0.5, 0.6) is 17.5 Å². The first-order valence-corrected chi connectivity index (χ1v) is 12.5. The van der Waals surface area contributed by atoms with E-state index in [-0.39, 0.29) is 29.2 Å². The Morgan fingerprint density at radius 1 is 0.946 bits per heavy atom. The lowest BCUT2D eigenvalue weighted by atomic mass is 10.1. The maximum atomic E-state index is 13.5. The van der Waals surface area contributed by atoms with Crippen LogP contribution in [0.25, 0.3) is 17.2 Å². The molecule has 0 aliphatic rings. The van der Waals surface area contributed by atoms with E-state index in [0.717, 1.165) is 0 Å². The average Bonchev–Trinajstić information content (AvgIpc) is 3.52. The fourth-order valence-electron chi connectivity index (χ4n) is 3.47. The van der Waals surface area contributed by atoms with E-state index in [1.165, 1.54) is 44.6 Å². The van der Waals surface area contributed by atoms with Gasteiger partial charge in [-0.25, -0.2) is 23.0 Å². The lowest BCUT2D eigenvalue weighted by Gasteiger charge is -2.20. The fourth-order valence-corrected chi connectivity index (χ4v) is 4.70. The number of hydrogen-bond donors (Lipinski definition) is 1. The Bertz CT molecular complexity index is 1460. The molecule has 0 radical (unpaired) electrons. The Hall–Kier alpha value is -4.34. The molecule has 1 N–H and O–H groups in total. The summed E-state index contributed by atoms with van der Waals surface area (Å²) in [6.07, 6.45) is 5.94. The van der Waals surface area contributed by atoms with Gasteiger partial charge in [0, 0.05) is 19.2 Å². The van der Waals surface area contributed by atoms with Crippen molar-refractivity contribution < 1.29 is 22.6 Å². The zero-order valence-corrected chi connectivity index (χ0v) is 21.8. The molecule has 0 amide bonds. The lowest BCUT2D eigenvalue weighted by Crippen LogP contribution is -2.31. The summed E-state index contributed by atoms with van der Waals surface area (Å²) in [6.45, 7) is 3.26. The molecular weight excluding hydrogens is 504 g/mol. The van der Waals surface area contributed by atoms with E-state index >= 15 is 0 Å². The van der Waals surface area contributed by atoms with E-state index in [1.807, 2.05) is 0 Å². The van der Waals surface area contributed by atoms with Crippen molar-refractivity contribution in [1.82, 2.24) is 44.5 Å². The van der Waals surface area contributed by atoms with Gasteiger partial charge in [0.15, 0.2) is 17.3 Å². The number of aromatic nitrogens is 9. The van der Waals surface area contributed by atoms with Gasteiger partial charge in [0.25, 0.3) is 0 Å². The molecular formula is C21H26N10O5S. The Morgan fingerprint density at radius 3 is 2.14 bits per heavy atom. The molecule has 196 valence electrons. The minimum atomic E-state index is -4.04. The third-order valence-electron chi connectivity index (χ3n) is 5.69. The molecule has 0 aliphatic heterocycles. The summed E-state index contributed by atoms with van der Waals surface area (Å²) in [4.78, 5) is 16.7. The average molecular weight is 531 g/mol. The van der Waals surface area contributed by atoms with Gasteiger partial charge in [-0.15, -0.1) is 10.2 Å². The highest BCUT2D eigenvalue weighted by Gasteiger charge is 2.33. The van der Waals surface area contributed by atoms with Crippen LogP contribution in [0.1, 0.15) is 25.6 Å². The largest absolute Gasteiger partial charge is 0.494 e. The number of methoxy groups -OCH3 is 3. The van der Waals surface area contributed by atoms with Crippen LogP contribution >= 0.6 is 0 Å². The van der Waals surface area contributed by atoms with Gasteiger partial charge in [-0.05, 0) is 13.0 Å². The summed E-state index contributed by atoms with van der Waals surface area (Å²) in [6, 6.07) is 1.70. The Balaban J connectivity index is 1.79. The SMILES string of the molecule is COc1cnc(C(C)C(C)S(=O)(=O)Nc2nnc(-c3ccn(C)n3)n2-c2c(OC)ncnc2OC)nc1. The molecule has 4 heterocycles. The van der Waals surface area contributed by atoms with Crippen molar-refractivity contribution in [2.45, 2.75) is 25.0 Å². The lowest BCUT2D eigenvalue weighted by molar-refractivity contribution is 0.368. The first-order valence-electron chi connectivity index (χ1n) is 11.0. The van der Waals surface area contributed by atoms with Gasteiger partial charge < -0.3 is 14.2 Å². The molecule has 16 heteroatoms. The monoisotopic (exact) mass is 530 g/mol. The van der Waals surface area contributed by atoms with E-state index in [9.17, 15) is 8.42 Å². The quantitative estimate of drug-likeness (QED) is 0.311. The predicted molar refractivity (Wildman–Crippen MR) is 131 cm³/mol. The molecule has 0 aromatic carbocycles. The van der Waals surface area contributed by atoms with E-state index < -0.39 is 21.2 Å². The first-order chi connectivity index (χ1) is 17.7. The molecule has 0 bridgehead atoms.